The Morgan fingerprint density at radius 2 is 2.05 bits per heavy atom. The number of para-hydroxylation sites is 1. The van der Waals surface area contributed by atoms with Crippen LogP contribution < -0.4 is 5.32 Å². The van der Waals surface area contributed by atoms with E-state index >= 15 is 0 Å². The number of aryl methyl sites for hydroxylation is 1. The molecule has 3 rings (SSSR count). The van der Waals surface area contributed by atoms with Gasteiger partial charge in [0.05, 0.1) is 5.52 Å². The summed E-state index contributed by atoms with van der Waals surface area (Å²) in [4.78, 5) is 8.90. The van der Waals surface area contributed by atoms with Crippen LogP contribution in [0.5, 0.6) is 0 Å². The molecule has 5 heteroatoms. The normalized spacial score (nSPS) is 10.9. The molecule has 102 valence electrons. The quantitative estimate of drug-likeness (QED) is 0.785. The Balaban J connectivity index is 1.99. The first kappa shape index (κ1) is 12.6. The molecule has 0 fully saturated rings. The second kappa shape index (κ2) is 5.28. The van der Waals surface area contributed by atoms with Gasteiger partial charge in [0.25, 0.3) is 0 Å². The SMILES string of the molecule is CCCNc1nc(-c2cc(C)c3ccccc3n2)no1. The van der Waals surface area contributed by atoms with Crippen molar-refractivity contribution < 1.29 is 4.52 Å². The zero-order valence-corrected chi connectivity index (χ0v) is 11.6. The predicted molar refractivity (Wildman–Crippen MR) is 78.6 cm³/mol. The average molecular weight is 268 g/mol. The molecule has 0 aliphatic carbocycles. The monoisotopic (exact) mass is 268 g/mol. The van der Waals surface area contributed by atoms with Crippen molar-refractivity contribution in [2.75, 3.05) is 11.9 Å². The molecule has 0 spiro atoms. The van der Waals surface area contributed by atoms with Crippen molar-refractivity contribution in [1.82, 2.24) is 15.1 Å². The number of rotatable bonds is 4. The molecular weight excluding hydrogens is 252 g/mol. The maximum atomic E-state index is 5.16. The van der Waals surface area contributed by atoms with Crippen LogP contribution in [0, 0.1) is 6.92 Å². The maximum Gasteiger partial charge on any atom is 0.321 e. The van der Waals surface area contributed by atoms with E-state index in [2.05, 4.69) is 40.4 Å². The highest BCUT2D eigenvalue weighted by Gasteiger charge is 2.11. The molecule has 0 saturated heterocycles. The number of aromatic nitrogens is 3. The highest BCUT2D eigenvalue weighted by molar-refractivity contribution is 5.84. The second-order valence-corrected chi connectivity index (χ2v) is 4.69. The van der Waals surface area contributed by atoms with Gasteiger partial charge >= 0.3 is 6.01 Å². The first-order chi connectivity index (χ1) is 9.78. The molecule has 2 heterocycles. The Hall–Kier alpha value is -2.43. The van der Waals surface area contributed by atoms with Crippen molar-refractivity contribution in [2.45, 2.75) is 20.3 Å². The van der Waals surface area contributed by atoms with Crippen LogP contribution in [0.3, 0.4) is 0 Å². The molecule has 0 amide bonds. The second-order valence-electron chi connectivity index (χ2n) is 4.69. The molecule has 5 nitrogen and oxygen atoms in total. The lowest BCUT2D eigenvalue weighted by Crippen LogP contribution is -1.99. The van der Waals surface area contributed by atoms with Gasteiger partial charge in [-0.3, -0.25) is 0 Å². The third kappa shape index (κ3) is 2.34. The zero-order chi connectivity index (χ0) is 13.9. The summed E-state index contributed by atoms with van der Waals surface area (Å²) in [6.07, 6.45) is 1.01. The number of fused-ring (bicyclic) bond motifs is 1. The van der Waals surface area contributed by atoms with Crippen molar-refractivity contribution in [3.8, 4) is 11.5 Å². The van der Waals surface area contributed by atoms with Gasteiger partial charge in [-0.15, -0.1) is 0 Å². The fourth-order valence-corrected chi connectivity index (χ4v) is 2.10. The number of pyridine rings is 1. The van der Waals surface area contributed by atoms with Gasteiger partial charge in [0.2, 0.25) is 5.82 Å². The molecule has 0 saturated carbocycles. The Bertz CT molecular complexity index is 736. The Morgan fingerprint density at radius 3 is 2.90 bits per heavy atom. The Labute approximate surface area is 117 Å². The van der Waals surface area contributed by atoms with Gasteiger partial charge in [-0.2, -0.15) is 4.98 Å². The minimum Gasteiger partial charge on any atom is -0.338 e. The summed E-state index contributed by atoms with van der Waals surface area (Å²) in [5.41, 5.74) is 2.82. The van der Waals surface area contributed by atoms with Crippen LogP contribution in [0.1, 0.15) is 18.9 Å². The summed E-state index contributed by atoms with van der Waals surface area (Å²) >= 11 is 0. The predicted octanol–water partition coefficient (Wildman–Crippen LogP) is 3.42. The zero-order valence-electron chi connectivity index (χ0n) is 11.6. The summed E-state index contributed by atoms with van der Waals surface area (Å²) in [6.45, 7) is 4.95. The van der Waals surface area contributed by atoms with Crippen LogP contribution in [-0.4, -0.2) is 21.7 Å². The lowest BCUT2D eigenvalue weighted by Gasteiger charge is -2.03. The van der Waals surface area contributed by atoms with Crippen LogP contribution in [-0.2, 0) is 0 Å². The maximum absolute atomic E-state index is 5.16. The minimum absolute atomic E-state index is 0.439. The topological polar surface area (TPSA) is 63.8 Å². The summed E-state index contributed by atoms with van der Waals surface area (Å²) < 4.78 is 5.16. The standard InChI is InChI=1S/C15H16N4O/c1-3-8-16-15-18-14(19-20-15)13-9-10(2)11-6-4-5-7-12(11)17-13/h4-7,9H,3,8H2,1-2H3,(H,16,18,19). The molecule has 20 heavy (non-hydrogen) atoms. The molecule has 1 N–H and O–H groups in total. The molecule has 0 aliphatic heterocycles. The molecule has 0 atom stereocenters. The van der Waals surface area contributed by atoms with Gasteiger partial charge in [-0.1, -0.05) is 30.3 Å². The van der Waals surface area contributed by atoms with Gasteiger partial charge in [-0.25, -0.2) is 4.98 Å². The largest absolute Gasteiger partial charge is 0.338 e. The number of hydrogen-bond donors (Lipinski definition) is 1. The number of anilines is 1. The smallest absolute Gasteiger partial charge is 0.321 e. The van der Waals surface area contributed by atoms with Gasteiger partial charge < -0.3 is 9.84 Å². The lowest BCUT2D eigenvalue weighted by atomic mass is 10.1. The molecule has 1 aromatic carbocycles. The summed E-state index contributed by atoms with van der Waals surface area (Å²) in [7, 11) is 0. The van der Waals surface area contributed by atoms with Gasteiger partial charge in [-0.05, 0) is 31.0 Å². The van der Waals surface area contributed by atoms with Crippen LogP contribution in [0.25, 0.3) is 22.4 Å². The minimum atomic E-state index is 0.439. The summed E-state index contributed by atoms with van der Waals surface area (Å²) in [5, 5.41) is 8.19. The first-order valence-electron chi connectivity index (χ1n) is 6.72. The van der Waals surface area contributed by atoms with E-state index in [1.165, 1.54) is 0 Å². The Kier molecular flexibility index (Phi) is 3.33. The fraction of sp³-hybridized carbons (Fsp3) is 0.267. The van der Waals surface area contributed by atoms with E-state index in [9.17, 15) is 0 Å². The van der Waals surface area contributed by atoms with Gasteiger partial charge in [0.1, 0.15) is 5.69 Å². The molecule has 2 aromatic heterocycles. The molecule has 0 bridgehead atoms. The van der Waals surface area contributed by atoms with Crippen molar-refractivity contribution in [3.05, 3.63) is 35.9 Å². The van der Waals surface area contributed by atoms with Crippen molar-refractivity contribution >= 4 is 16.9 Å². The van der Waals surface area contributed by atoms with E-state index in [1.54, 1.807) is 0 Å². The van der Waals surface area contributed by atoms with Crippen molar-refractivity contribution in [1.29, 1.82) is 0 Å². The number of nitrogens with zero attached hydrogens (tertiary/aromatic N) is 3. The molecule has 0 unspecified atom stereocenters. The highest BCUT2D eigenvalue weighted by Crippen LogP contribution is 2.23. The van der Waals surface area contributed by atoms with E-state index in [0.29, 0.717) is 11.8 Å². The van der Waals surface area contributed by atoms with Crippen molar-refractivity contribution in [2.24, 2.45) is 0 Å². The fourth-order valence-electron chi connectivity index (χ4n) is 2.10. The van der Waals surface area contributed by atoms with E-state index in [1.807, 2.05) is 24.3 Å². The van der Waals surface area contributed by atoms with E-state index < -0.39 is 0 Å². The highest BCUT2D eigenvalue weighted by atomic mass is 16.5. The van der Waals surface area contributed by atoms with Crippen LogP contribution >= 0.6 is 0 Å². The molecule has 0 radical (unpaired) electrons. The average Bonchev–Trinajstić information content (AvgIpc) is 2.94. The first-order valence-corrected chi connectivity index (χ1v) is 6.72. The molecule has 3 aromatic rings. The summed E-state index contributed by atoms with van der Waals surface area (Å²) in [6, 6.07) is 10.5. The molecular formula is C15H16N4O. The molecule has 0 aliphatic rings. The van der Waals surface area contributed by atoms with E-state index in [-0.39, 0.29) is 0 Å². The number of benzene rings is 1. The third-order valence-electron chi connectivity index (χ3n) is 3.10. The van der Waals surface area contributed by atoms with Crippen LogP contribution in [0.15, 0.2) is 34.9 Å². The lowest BCUT2D eigenvalue weighted by molar-refractivity contribution is 0.432. The summed E-state index contributed by atoms with van der Waals surface area (Å²) in [5.74, 6) is 0.512. The number of nitrogens with one attached hydrogen (secondary N) is 1. The van der Waals surface area contributed by atoms with E-state index in [4.69, 9.17) is 4.52 Å². The van der Waals surface area contributed by atoms with E-state index in [0.717, 1.165) is 35.1 Å². The van der Waals surface area contributed by atoms with Crippen molar-refractivity contribution in [3.63, 3.8) is 0 Å². The third-order valence-corrected chi connectivity index (χ3v) is 3.10. The van der Waals surface area contributed by atoms with Gasteiger partial charge in [0, 0.05) is 11.9 Å². The number of hydrogen-bond acceptors (Lipinski definition) is 5. The van der Waals surface area contributed by atoms with Crippen LogP contribution in [0.4, 0.5) is 6.01 Å². The van der Waals surface area contributed by atoms with Gasteiger partial charge in [0.15, 0.2) is 0 Å². The Morgan fingerprint density at radius 1 is 1.20 bits per heavy atom. The van der Waals surface area contributed by atoms with Crippen LogP contribution in [0.2, 0.25) is 0 Å².